The number of anilines is 1. The van der Waals surface area contributed by atoms with E-state index in [1.165, 1.54) is 0 Å². The molecule has 1 fully saturated rings. The zero-order valence-electron chi connectivity index (χ0n) is 10.6. The number of nitrogens with one attached hydrogen (secondary N) is 1. The van der Waals surface area contributed by atoms with Crippen LogP contribution in [0.5, 0.6) is 0 Å². The third-order valence-electron chi connectivity index (χ3n) is 3.18. The number of benzene rings is 1. The van der Waals surface area contributed by atoms with Crippen molar-refractivity contribution >= 4 is 29.3 Å². The number of aliphatic carboxylic acids is 1. The number of aryl methyl sites for hydroxylation is 1. The molecule has 0 spiro atoms. The van der Waals surface area contributed by atoms with Gasteiger partial charge in [0, 0.05) is 23.8 Å². The number of carbonyl (C=O) groups excluding carboxylic acids is 1. The summed E-state index contributed by atoms with van der Waals surface area (Å²) in [5.41, 5.74) is 1.62. The van der Waals surface area contributed by atoms with Crippen LogP contribution in [0.25, 0.3) is 0 Å². The molecule has 102 valence electrons. The van der Waals surface area contributed by atoms with Gasteiger partial charge in [-0.25, -0.2) is 0 Å². The van der Waals surface area contributed by atoms with Crippen LogP contribution in [-0.4, -0.2) is 28.5 Å². The Kier molecular flexibility index (Phi) is 4.85. The summed E-state index contributed by atoms with van der Waals surface area (Å²) in [6.45, 7) is 0. The molecule has 1 aromatic carbocycles. The molecule has 0 saturated carbocycles. The molecule has 4 nitrogen and oxygen atoms in total. The number of carboxylic acid groups (broad SMARTS) is 1. The fraction of sp³-hybridized carbons (Fsp3) is 0.429. The molecule has 1 saturated heterocycles. The molecule has 1 heterocycles. The fourth-order valence-corrected chi connectivity index (χ4v) is 3.30. The lowest BCUT2D eigenvalue weighted by molar-refractivity contribution is -0.137. The highest BCUT2D eigenvalue weighted by Gasteiger charge is 2.23. The third kappa shape index (κ3) is 3.99. The summed E-state index contributed by atoms with van der Waals surface area (Å²) in [4.78, 5) is 22.7. The summed E-state index contributed by atoms with van der Waals surface area (Å²) in [6, 6.07) is 7.40. The number of hydrogen-bond acceptors (Lipinski definition) is 3. The van der Waals surface area contributed by atoms with Crippen LogP contribution >= 0.6 is 11.8 Å². The summed E-state index contributed by atoms with van der Waals surface area (Å²) in [6.07, 6.45) is 1.44. The van der Waals surface area contributed by atoms with Crippen molar-refractivity contribution in [2.45, 2.75) is 19.3 Å². The van der Waals surface area contributed by atoms with Crippen molar-refractivity contribution in [1.29, 1.82) is 0 Å². The molecule has 5 heteroatoms. The Morgan fingerprint density at radius 2 is 2.16 bits per heavy atom. The molecule has 0 aromatic heterocycles. The van der Waals surface area contributed by atoms with Crippen LogP contribution < -0.4 is 5.32 Å². The largest absolute Gasteiger partial charge is 0.481 e. The highest BCUT2D eigenvalue weighted by molar-refractivity contribution is 7.99. The Balaban J connectivity index is 2.02. The molecule has 0 radical (unpaired) electrons. The summed E-state index contributed by atoms with van der Waals surface area (Å²) >= 11 is 1.80. The van der Waals surface area contributed by atoms with Gasteiger partial charge < -0.3 is 10.4 Å². The van der Waals surface area contributed by atoms with E-state index in [2.05, 4.69) is 5.32 Å². The zero-order chi connectivity index (χ0) is 13.7. The van der Waals surface area contributed by atoms with Crippen LogP contribution in [0.4, 0.5) is 5.69 Å². The topological polar surface area (TPSA) is 66.4 Å². The van der Waals surface area contributed by atoms with Gasteiger partial charge in [0.2, 0.25) is 5.91 Å². The fourth-order valence-electron chi connectivity index (χ4n) is 2.08. The third-order valence-corrected chi connectivity index (χ3v) is 4.35. The molecule has 1 atom stereocenters. The highest BCUT2D eigenvalue weighted by Crippen LogP contribution is 2.25. The summed E-state index contributed by atoms with van der Waals surface area (Å²) in [5.74, 6) is 1.22. The van der Waals surface area contributed by atoms with E-state index >= 15 is 0 Å². The molecule has 1 aromatic rings. The van der Waals surface area contributed by atoms with E-state index in [1.54, 1.807) is 11.8 Å². The van der Waals surface area contributed by atoms with Crippen LogP contribution in [0.1, 0.15) is 18.4 Å². The molecule has 1 unspecified atom stereocenters. The molecule has 1 amide bonds. The van der Waals surface area contributed by atoms with E-state index < -0.39 is 5.97 Å². The molecule has 19 heavy (non-hydrogen) atoms. The molecule has 1 aliphatic rings. The van der Waals surface area contributed by atoms with Gasteiger partial charge in [-0.15, -0.1) is 0 Å². The molecular formula is C14H17NO3S. The van der Waals surface area contributed by atoms with Gasteiger partial charge in [0.1, 0.15) is 0 Å². The van der Waals surface area contributed by atoms with Crippen molar-refractivity contribution in [3.63, 3.8) is 0 Å². The normalized spacial score (nSPS) is 18.2. The van der Waals surface area contributed by atoms with Gasteiger partial charge in [0.25, 0.3) is 0 Å². The van der Waals surface area contributed by atoms with Crippen molar-refractivity contribution in [2.75, 3.05) is 16.8 Å². The van der Waals surface area contributed by atoms with Gasteiger partial charge in [-0.3, -0.25) is 9.59 Å². The van der Waals surface area contributed by atoms with E-state index in [4.69, 9.17) is 5.11 Å². The number of para-hydroxylation sites is 1. The quantitative estimate of drug-likeness (QED) is 0.868. The molecule has 2 rings (SSSR count). The molecule has 0 bridgehead atoms. The Labute approximate surface area is 116 Å². The maximum atomic E-state index is 12.1. The lowest BCUT2D eigenvalue weighted by Crippen LogP contribution is -2.23. The molecular weight excluding hydrogens is 262 g/mol. The van der Waals surface area contributed by atoms with Crippen molar-refractivity contribution < 1.29 is 14.7 Å². The van der Waals surface area contributed by atoms with Gasteiger partial charge in [-0.2, -0.15) is 11.8 Å². The van der Waals surface area contributed by atoms with Crippen molar-refractivity contribution in [3.05, 3.63) is 29.8 Å². The van der Waals surface area contributed by atoms with E-state index in [0.717, 1.165) is 29.2 Å². The second-order valence-corrected chi connectivity index (χ2v) is 5.75. The summed E-state index contributed by atoms with van der Waals surface area (Å²) in [7, 11) is 0. The molecule has 1 aliphatic heterocycles. The van der Waals surface area contributed by atoms with Crippen molar-refractivity contribution in [1.82, 2.24) is 0 Å². The number of hydrogen-bond donors (Lipinski definition) is 2. The first kappa shape index (κ1) is 13.9. The maximum Gasteiger partial charge on any atom is 0.303 e. The summed E-state index contributed by atoms with van der Waals surface area (Å²) < 4.78 is 0. The molecule has 0 aliphatic carbocycles. The van der Waals surface area contributed by atoms with Crippen molar-refractivity contribution in [3.8, 4) is 0 Å². The van der Waals surface area contributed by atoms with Gasteiger partial charge in [0.05, 0.1) is 0 Å². The van der Waals surface area contributed by atoms with E-state index in [-0.39, 0.29) is 18.2 Å². The van der Waals surface area contributed by atoms with Crippen LogP contribution in [0.3, 0.4) is 0 Å². The minimum atomic E-state index is -0.826. The smallest absolute Gasteiger partial charge is 0.303 e. The second-order valence-electron chi connectivity index (χ2n) is 4.60. The average molecular weight is 279 g/mol. The Morgan fingerprint density at radius 1 is 1.37 bits per heavy atom. The second kappa shape index (κ2) is 6.61. The average Bonchev–Trinajstić information content (AvgIpc) is 2.91. The van der Waals surface area contributed by atoms with Crippen LogP contribution in [0, 0.1) is 5.92 Å². The minimum absolute atomic E-state index is 0.0489. The van der Waals surface area contributed by atoms with E-state index in [0.29, 0.717) is 6.42 Å². The van der Waals surface area contributed by atoms with Crippen LogP contribution in [0.15, 0.2) is 24.3 Å². The predicted molar refractivity (Wildman–Crippen MR) is 76.5 cm³/mol. The number of thioether (sulfide) groups is 1. The van der Waals surface area contributed by atoms with E-state index in [9.17, 15) is 9.59 Å². The Morgan fingerprint density at radius 3 is 2.84 bits per heavy atom. The maximum absolute atomic E-state index is 12.1. The lowest BCUT2D eigenvalue weighted by Gasteiger charge is -2.13. The van der Waals surface area contributed by atoms with Gasteiger partial charge in [-0.1, -0.05) is 18.2 Å². The minimum Gasteiger partial charge on any atom is -0.481 e. The standard InChI is InChI=1S/C14H17NO3S/c16-13(17)6-5-10-3-1-2-4-12(10)15-14(18)11-7-8-19-9-11/h1-4,11H,5-9H2,(H,15,18)(H,16,17). The summed E-state index contributed by atoms with van der Waals surface area (Å²) in [5, 5.41) is 11.7. The van der Waals surface area contributed by atoms with Gasteiger partial charge in [-0.05, 0) is 30.2 Å². The first-order valence-corrected chi connectivity index (χ1v) is 7.50. The van der Waals surface area contributed by atoms with Crippen LogP contribution in [-0.2, 0) is 16.0 Å². The SMILES string of the molecule is O=C(O)CCc1ccccc1NC(=O)C1CCSC1. The number of carboxylic acids is 1. The Hall–Kier alpha value is -1.49. The van der Waals surface area contributed by atoms with Crippen molar-refractivity contribution in [2.24, 2.45) is 5.92 Å². The predicted octanol–water partition coefficient (Wildman–Crippen LogP) is 2.40. The highest BCUT2D eigenvalue weighted by atomic mass is 32.2. The number of rotatable bonds is 5. The lowest BCUT2D eigenvalue weighted by atomic mass is 10.1. The monoisotopic (exact) mass is 279 g/mol. The first-order valence-electron chi connectivity index (χ1n) is 6.35. The molecule has 2 N–H and O–H groups in total. The zero-order valence-corrected chi connectivity index (χ0v) is 11.4. The van der Waals surface area contributed by atoms with Crippen LogP contribution in [0.2, 0.25) is 0 Å². The Bertz CT molecular complexity index is 470. The first-order chi connectivity index (χ1) is 9.16. The van der Waals surface area contributed by atoms with E-state index in [1.807, 2.05) is 24.3 Å². The number of carbonyl (C=O) groups is 2. The van der Waals surface area contributed by atoms with Gasteiger partial charge >= 0.3 is 5.97 Å². The van der Waals surface area contributed by atoms with Gasteiger partial charge in [0.15, 0.2) is 0 Å². The number of amides is 1.